The lowest BCUT2D eigenvalue weighted by Crippen LogP contribution is -2.39. The Balaban J connectivity index is 1.76. The number of benzene rings is 3. The largest absolute Gasteiger partial charge is 0.379 e. The number of anilines is 1. The number of nitrogens with one attached hydrogen (secondary N) is 1. The normalized spacial score (nSPS) is 11.3. The molecule has 0 aliphatic heterocycles. The lowest BCUT2D eigenvalue weighted by Gasteiger charge is -2.27. The van der Waals surface area contributed by atoms with E-state index in [9.17, 15) is 22.0 Å². The molecule has 168 valence electrons. The average Bonchev–Trinajstić information content (AvgIpc) is 2.73. The maximum atomic E-state index is 13.9. The second-order valence-electron chi connectivity index (χ2n) is 7.27. The van der Waals surface area contributed by atoms with Gasteiger partial charge >= 0.3 is 16.1 Å². The van der Waals surface area contributed by atoms with Gasteiger partial charge < -0.3 is 14.4 Å². The van der Waals surface area contributed by atoms with Crippen molar-refractivity contribution >= 4 is 21.8 Å². The Morgan fingerprint density at radius 1 is 1.00 bits per heavy atom. The first-order valence-electron chi connectivity index (χ1n) is 9.77. The Morgan fingerprint density at radius 3 is 2.34 bits per heavy atom. The van der Waals surface area contributed by atoms with Gasteiger partial charge in [-0.3, -0.25) is 0 Å². The highest BCUT2D eigenvalue weighted by atomic mass is 32.2. The van der Waals surface area contributed by atoms with Crippen LogP contribution in [0.1, 0.15) is 19.4 Å². The van der Waals surface area contributed by atoms with Crippen molar-refractivity contribution in [3.63, 3.8) is 0 Å². The number of hydrogen-bond donors (Lipinski definition) is 1. The molecule has 2 amide bonds. The SMILES string of the molecule is CC(C)N(Cc1cccc(OS(=O)(=O)c2ccc(F)cc2)c1)C(=O)Nc1ccccc1F. The molecule has 6 nitrogen and oxygen atoms in total. The lowest BCUT2D eigenvalue weighted by molar-refractivity contribution is 0.193. The molecule has 0 atom stereocenters. The summed E-state index contributed by atoms with van der Waals surface area (Å²) in [4.78, 5) is 14.0. The van der Waals surface area contributed by atoms with Gasteiger partial charge in [-0.1, -0.05) is 24.3 Å². The average molecular weight is 461 g/mol. The number of carbonyl (C=O) groups is 1. The standard InChI is InChI=1S/C23H22F2N2O4S/c1-16(2)27(23(28)26-22-9-4-3-8-21(22)25)15-17-6-5-7-19(14-17)31-32(29,30)20-12-10-18(24)11-13-20/h3-14,16H,15H2,1-2H3,(H,26,28). The monoisotopic (exact) mass is 460 g/mol. The summed E-state index contributed by atoms with van der Waals surface area (Å²) < 4.78 is 57.0. The van der Waals surface area contributed by atoms with E-state index >= 15 is 0 Å². The number of carbonyl (C=O) groups excluding carboxylic acids is 1. The van der Waals surface area contributed by atoms with Gasteiger partial charge in [0, 0.05) is 12.6 Å². The van der Waals surface area contributed by atoms with E-state index in [2.05, 4.69) is 5.32 Å². The molecule has 0 aromatic heterocycles. The van der Waals surface area contributed by atoms with E-state index in [-0.39, 0.29) is 28.9 Å². The van der Waals surface area contributed by atoms with Crippen LogP contribution in [0.15, 0.2) is 77.7 Å². The van der Waals surface area contributed by atoms with Crippen LogP contribution in [-0.4, -0.2) is 25.4 Å². The molecule has 32 heavy (non-hydrogen) atoms. The second kappa shape index (κ2) is 9.78. The third-order valence-electron chi connectivity index (χ3n) is 4.56. The molecule has 0 unspecified atom stereocenters. The summed E-state index contributed by atoms with van der Waals surface area (Å²) in [6, 6.07) is 15.7. The summed E-state index contributed by atoms with van der Waals surface area (Å²) in [5.41, 5.74) is 0.666. The molecule has 0 fully saturated rings. The van der Waals surface area contributed by atoms with Crippen molar-refractivity contribution in [1.29, 1.82) is 0 Å². The van der Waals surface area contributed by atoms with Crippen LogP contribution in [0, 0.1) is 11.6 Å². The van der Waals surface area contributed by atoms with Gasteiger partial charge in [-0.15, -0.1) is 0 Å². The molecular weight excluding hydrogens is 438 g/mol. The van der Waals surface area contributed by atoms with Gasteiger partial charge in [0.05, 0.1) is 5.69 Å². The molecule has 0 saturated carbocycles. The number of hydrogen-bond acceptors (Lipinski definition) is 4. The molecule has 0 bridgehead atoms. The van der Waals surface area contributed by atoms with Crippen LogP contribution in [0.2, 0.25) is 0 Å². The molecule has 0 spiro atoms. The van der Waals surface area contributed by atoms with Crippen LogP contribution >= 0.6 is 0 Å². The minimum atomic E-state index is -4.15. The fourth-order valence-electron chi connectivity index (χ4n) is 2.91. The number of nitrogens with zero attached hydrogens (tertiary/aromatic N) is 1. The number of para-hydroxylation sites is 1. The van der Waals surface area contributed by atoms with E-state index in [1.807, 2.05) is 0 Å². The summed E-state index contributed by atoms with van der Waals surface area (Å²) in [6.07, 6.45) is 0. The predicted octanol–water partition coefficient (Wildman–Crippen LogP) is 5.18. The van der Waals surface area contributed by atoms with E-state index in [0.29, 0.717) is 5.56 Å². The van der Waals surface area contributed by atoms with Crippen LogP contribution in [0.5, 0.6) is 5.75 Å². The Hall–Kier alpha value is -3.46. The van der Waals surface area contributed by atoms with E-state index in [1.54, 1.807) is 32.0 Å². The molecule has 3 aromatic rings. The summed E-state index contributed by atoms with van der Waals surface area (Å²) in [5, 5.41) is 2.55. The van der Waals surface area contributed by atoms with Crippen LogP contribution in [0.4, 0.5) is 19.3 Å². The zero-order chi connectivity index (χ0) is 23.3. The Labute approximate surface area is 185 Å². The van der Waals surface area contributed by atoms with E-state index in [1.165, 1.54) is 35.2 Å². The zero-order valence-corrected chi connectivity index (χ0v) is 18.3. The number of halogens is 2. The van der Waals surface area contributed by atoms with Crippen molar-refractivity contribution in [1.82, 2.24) is 4.90 Å². The summed E-state index contributed by atoms with van der Waals surface area (Å²) in [7, 11) is -4.15. The Kier molecular flexibility index (Phi) is 7.09. The minimum Gasteiger partial charge on any atom is -0.379 e. The summed E-state index contributed by atoms with van der Waals surface area (Å²) in [5.74, 6) is -1.07. The smallest absolute Gasteiger partial charge is 0.339 e. The Bertz CT molecular complexity index is 1200. The molecule has 0 aliphatic rings. The molecular formula is C23H22F2N2O4S. The molecule has 0 heterocycles. The van der Waals surface area contributed by atoms with Gasteiger partial charge in [0.25, 0.3) is 0 Å². The highest BCUT2D eigenvalue weighted by Gasteiger charge is 2.20. The predicted molar refractivity (Wildman–Crippen MR) is 117 cm³/mol. The summed E-state index contributed by atoms with van der Waals surface area (Å²) in [6.45, 7) is 3.74. The molecule has 3 aromatic carbocycles. The fourth-order valence-corrected chi connectivity index (χ4v) is 3.83. The van der Waals surface area contributed by atoms with Crippen molar-refractivity contribution in [3.05, 3.63) is 90.0 Å². The molecule has 0 aliphatic carbocycles. The van der Waals surface area contributed by atoms with Gasteiger partial charge in [0.1, 0.15) is 22.3 Å². The van der Waals surface area contributed by atoms with Crippen molar-refractivity contribution < 1.29 is 26.2 Å². The topological polar surface area (TPSA) is 75.7 Å². The maximum absolute atomic E-state index is 13.9. The number of rotatable bonds is 7. The lowest BCUT2D eigenvalue weighted by atomic mass is 10.2. The van der Waals surface area contributed by atoms with Crippen molar-refractivity contribution in [2.75, 3.05) is 5.32 Å². The quantitative estimate of drug-likeness (QED) is 0.493. The zero-order valence-electron chi connectivity index (χ0n) is 17.5. The van der Waals surface area contributed by atoms with Gasteiger partial charge in [-0.05, 0) is 67.9 Å². The first-order chi connectivity index (χ1) is 15.2. The molecule has 0 saturated heterocycles. The van der Waals surface area contributed by atoms with Gasteiger partial charge in [-0.2, -0.15) is 8.42 Å². The molecule has 1 N–H and O–H groups in total. The van der Waals surface area contributed by atoms with E-state index in [0.717, 1.165) is 24.3 Å². The van der Waals surface area contributed by atoms with Crippen LogP contribution in [-0.2, 0) is 16.7 Å². The molecule has 9 heteroatoms. The third kappa shape index (κ3) is 5.82. The van der Waals surface area contributed by atoms with Crippen LogP contribution < -0.4 is 9.50 Å². The van der Waals surface area contributed by atoms with Gasteiger partial charge in [0.2, 0.25) is 0 Å². The fraction of sp³-hybridized carbons (Fsp3) is 0.174. The number of amides is 2. The molecule has 3 rings (SSSR count). The molecule has 0 radical (unpaired) electrons. The van der Waals surface area contributed by atoms with Crippen LogP contribution in [0.25, 0.3) is 0 Å². The maximum Gasteiger partial charge on any atom is 0.339 e. The summed E-state index contributed by atoms with van der Waals surface area (Å²) >= 11 is 0. The third-order valence-corrected chi connectivity index (χ3v) is 5.82. The highest BCUT2D eigenvalue weighted by Crippen LogP contribution is 2.22. The minimum absolute atomic E-state index is 0.0463. The van der Waals surface area contributed by atoms with Crippen LogP contribution in [0.3, 0.4) is 0 Å². The first-order valence-corrected chi connectivity index (χ1v) is 11.2. The van der Waals surface area contributed by atoms with Gasteiger partial charge in [-0.25, -0.2) is 13.6 Å². The van der Waals surface area contributed by atoms with Crippen molar-refractivity contribution in [2.45, 2.75) is 31.3 Å². The second-order valence-corrected chi connectivity index (χ2v) is 8.82. The number of urea groups is 1. The van der Waals surface area contributed by atoms with Gasteiger partial charge in [0.15, 0.2) is 0 Å². The van der Waals surface area contributed by atoms with E-state index < -0.39 is 27.8 Å². The van der Waals surface area contributed by atoms with Crippen molar-refractivity contribution in [3.8, 4) is 5.75 Å². The Morgan fingerprint density at radius 2 is 1.69 bits per heavy atom. The highest BCUT2D eigenvalue weighted by molar-refractivity contribution is 7.87. The van der Waals surface area contributed by atoms with E-state index in [4.69, 9.17) is 4.18 Å². The van der Waals surface area contributed by atoms with Crippen molar-refractivity contribution in [2.24, 2.45) is 0 Å². The first kappa shape index (κ1) is 23.2.